The number of aliphatic hydroxyl groups excluding tert-OH is 1. The number of hydrogen-bond acceptors (Lipinski definition) is 3. The molecule has 0 fully saturated rings. The van der Waals surface area contributed by atoms with E-state index in [0.29, 0.717) is 5.69 Å². The van der Waals surface area contributed by atoms with Gasteiger partial charge in [-0.25, -0.2) is 0 Å². The molecule has 0 aromatic carbocycles. The van der Waals surface area contributed by atoms with Crippen molar-refractivity contribution in [3.8, 4) is 0 Å². The van der Waals surface area contributed by atoms with Gasteiger partial charge in [0.1, 0.15) is 5.69 Å². The van der Waals surface area contributed by atoms with Gasteiger partial charge in [0.25, 0.3) is 0 Å². The van der Waals surface area contributed by atoms with Crippen molar-refractivity contribution in [2.24, 2.45) is 0 Å². The van der Waals surface area contributed by atoms with E-state index in [1.165, 1.54) is 0 Å². The lowest BCUT2D eigenvalue weighted by Gasteiger charge is -2.05. The zero-order valence-corrected chi connectivity index (χ0v) is 8.32. The number of allylic oxidation sites excluding steroid dienone is 1. The number of unbranched alkanes of at least 4 members (excludes halogenated alkanes) is 3. The van der Waals surface area contributed by atoms with Crippen LogP contribution in [-0.2, 0) is 0 Å². The van der Waals surface area contributed by atoms with Crippen molar-refractivity contribution < 1.29 is 5.11 Å². The summed E-state index contributed by atoms with van der Waals surface area (Å²) in [4.78, 5) is 0. The summed E-state index contributed by atoms with van der Waals surface area (Å²) in [5, 5.41) is 19.6. The largest absolute Gasteiger partial charge is 0.387 e. The van der Waals surface area contributed by atoms with Crippen molar-refractivity contribution in [2.75, 3.05) is 0 Å². The lowest BCUT2D eigenvalue weighted by molar-refractivity contribution is 0.158. The third kappa shape index (κ3) is 3.70. The lowest BCUT2D eigenvalue weighted by atomic mass is 10.1. The first-order chi connectivity index (χ1) is 6.84. The Labute approximate surface area is 84.0 Å². The van der Waals surface area contributed by atoms with Crippen molar-refractivity contribution in [3.63, 3.8) is 0 Å². The fourth-order valence-corrected chi connectivity index (χ4v) is 1.32. The van der Waals surface area contributed by atoms with Gasteiger partial charge in [-0.3, -0.25) is 0 Å². The van der Waals surface area contributed by atoms with Gasteiger partial charge in [-0.05, 0) is 19.3 Å². The van der Waals surface area contributed by atoms with Crippen LogP contribution in [0.4, 0.5) is 0 Å². The average molecular weight is 195 g/mol. The molecular formula is C10H17N3O. The minimum absolute atomic E-state index is 0.475. The van der Waals surface area contributed by atoms with Crippen LogP contribution in [0.3, 0.4) is 0 Å². The molecule has 0 amide bonds. The molecule has 1 unspecified atom stereocenters. The topological polar surface area (TPSA) is 61.8 Å². The van der Waals surface area contributed by atoms with Crippen molar-refractivity contribution in [3.05, 3.63) is 24.5 Å². The van der Waals surface area contributed by atoms with Gasteiger partial charge < -0.3 is 5.11 Å². The second kappa shape index (κ2) is 6.32. The highest BCUT2D eigenvalue weighted by molar-refractivity contribution is 4.95. The first kappa shape index (κ1) is 10.9. The van der Waals surface area contributed by atoms with Crippen LogP contribution in [0.5, 0.6) is 0 Å². The van der Waals surface area contributed by atoms with Crippen LogP contribution < -0.4 is 0 Å². The molecule has 1 aromatic heterocycles. The minimum atomic E-state index is -0.475. The fourth-order valence-electron chi connectivity index (χ4n) is 1.32. The van der Waals surface area contributed by atoms with Crippen molar-refractivity contribution in [2.45, 2.75) is 38.2 Å². The number of aromatic amines is 1. The molecule has 1 heterocycles. The number of rotatable bonds is 7. The number of hydrogen-bond donors (Lipinski definition) is 2. The maximum atomic E-state index is 9.62. The maximum absolute atomic E-state index is 9.62. The van der Waals surface area contributed by atoms with Crippen LogP contribution in [0, 0.1) is 0 Å². The summed E-state index contributed by atoms with van der Waals surface area (Å²) in [6, 6.07) is 0. The molecule has 78 valence electrons. The summed E-state index contributed by atoms with van der Waals surface area (Å²) >= 11 is 0. The average Bonchev–Trinajstić information content (AvgIpc) is 2.70. The predicted molar refractivity (Wildman–Crippen MR) is 54.6 cm³/mol. The molecule has 0 aliphatic carbocycles. The Balaban J connectivity index is 2.10. The highest BCUT2D eigenvalue weighted by Gasteiger charge is 2.08. The second-order valence-corrected chi connectivity index (χ2v) is 3.34. The van der Waals surface area contributed by atoms with E-state index in [4.69, 9.17) is 0 Å². The van der Waals surface area contributed by atoms with Gasteiger partial charge >= 0.3 is 0 Å². The van der Waals surface area contributed by atoms with Crippen LogP contribution >= 0.6 is 0 Å². The Bertz CT molecular complexity index is 246. The van der Waals surface area contributed by atoms with Gasteiger partial charge in [0, 0.05) is 0 Å². The minimum Gasteiger partial charge on any atom is -0.387 e. The molecule has 2 N–H and O–H groups in total. The van der Waals surface area contributed by atoms with Crippen LogP contribution in [-0.4, -0.2) is 20.5 Å². The molecule has 0 radical (unpaired) electrons. The molecule has 0 spiro atoms. The van der Waals surface area contributed by atoms with Gasteiger partial charge in [-0.15, -0.1) is 6.58 Å². The fraction of sp³-hybridized carbons (Fsp3) is 0.600. The summed E-state index contributed by atoms with van der Waals surface area (Å²) in [6.45, 7) is 3.66. The van der Waals surface area contributed by atoms with Crippen molar-refractivity contribution in [1.82, 2.24) is 15.4 Å². The summed E-state index contributed by atoms with van der Waals surface area (Å²) in [5.74, 6) is 0. The zero-order valence-electron chi connectivity index (χ0n) is 8.32. The maximum Gasteiger partial charge on any atom is 0.111 e. The van der Waals surface area contributed by atoms with E-state index in [-0.39, 0.29) is 0 Å². The van der Waals surface area contributed by atoms with Crippen molar-refractivity contribution >= 4 is 0 Å². The summed E-state index contributed by atoms with van der Waals surface area (Å²) < 4.78 is 0. The first-order valence-corrected chi connectivity index (χ1v) is 4.99. The number of H-pyrrole nitrogens is 1. The molecule has 1 rings (SSSR count). The lowest BCUT2D eigenvalue weighted by Crippen LogP contribution is -1.97. The highest BCUT2D eigenvalue weighted by Crippen LogP contribution is 2.16. The number of nitrogens with zero attached hydrogens (tertiary/aromatic N) is 2. The van der Waals surface area contributed by atoms with E-state index in [1.807, 2.05) is 6.08 Å². The number of aliphatic hydroxyl groups is 1. The molecule has 0 bridgehead atoms. The molecule has 0 aliphatic rings. The van der Waals surface area contributed by atoms with Crippen LogP contribution in [0.15, 0.2) is 18.9 Å². The van der Waals surface area contributed by atoms with Crippen LogP contribution in [0.25, 0.3) is 0 Å². The van der Waals surface area contributed by atoms with E-state index in [2.05, 4.69) is 22.0 Å². The Hall–Kier alpha value is -1.16. The molecule has 4 nitrogen and oxygen atoms in total. The van der Waals surface area contributed by atoms with Gasteiger partial charge in [-0.1, -0.05) is 18.9 Å². The Morgan fingerprint density at radius 1 is 1.50 bits per heavy atom. The molecular weight excluding hydrogens is 178 g/mol. The van der Waals surface area contributed by atoms with E-state index in [9.17, 15) is 5.11 Å². The summed E-state index contributed by atoms with van der Waals surface area (Å²) in [7, 11) is 0. The molecule has 0 aliphatic heterocycles. The van der Waals surface area contributed by atoms with E-state index in [0.717, 1.165) is 32.1 Å². The van der Waals surface area contributed by atoms with Gasteiger partial charge in [0.05, 0.1) is 12.3 Å². The van der Waals surface area contributed by atoms with E-state index in [1.54, 1.807) is 6.20 Å². The standard InChI is InChI=1S/C10H17N3O/c1-2-3-4-5-6-7-10(14)9-8-11-13-12-9/h2,8,10,14H,1,3-7H2,(H,11,12,13). The number of nitrogens with one attached hydrogen (secondary N) is 1. The van der Waals surface area contributed by atoms with Crippen LogP contribution in [0.2, 0.25) is 0 Å². The van der Waals surface area contributed by atoms with Gasteiger partial charge in [0.2, 0.25) is 0 Å². The Morgan fingerprint density at radius 2 is 2.36 bits per heavy atom. The van der Waals surface area contributed by atoms with Crippen molar-refractivity contribution in [1.29, 1.82) is 0 Å². The van der Waals surface area contributed by atoms with Gasteiger partial charge in [-0.2, -0.15) is 15.4 Å². The smallest absolute Gasteiger partial charge is 0.111 e. The summed E-state index contributed by atoms with van der Waals surface area (Å²) in [5.41, 5.74) is 0.633. The highest BCUT2D eigenvalue weighted by atomic mass is 16.3. The predicted octanol–water partition coefficient (Wildman–Crippen LogP) is 1.97. The van der Waals surface area contributed by atoms with Crippen LogP contribution in [0.1, 0.15) is 43.9 Å². The first-order valence-electron chi connectivity index (χ1n) is 4.99. The summed E-state index contributed by atoms with van der Waals surface area (Å²) in [6.07, 6.45) is 8.11. The molecule has 4 heteroatoms. The molecule has 1 atom stereocenters. The third-order valence-corrected chi connectivity index (χ3v) is 2.16. The molecule has 1 aromatic rings. The second-order valence-electron chi connectivity index (χ2n) is 3.34. The Morgan fingerprint density at radius 3 is 3.00 bits per heavy atom. The zero-order chi connectivity index (χ0) is 10.2. The quantitative estimate of drug-likeness (QED) is 0.516. The third-order valence-electron chi connectivity index (χ3n) is 2.16. The monoisotopic (exact) mass is 195 g/mol. The van der Waals surface area contributed by atoms with E-state index >= 15 is 0 Å². The molecule has 0 saturated heterocycles. The van der Waals surface area contributed by atoms with E-state index < -0.39 is 6.10 Å². The normalized spacial score (nSPS) is 12.6. The Kier molecular flexibility index (Phi) is 4.93. The van der Waals surface area contributed by atoms with Gasteiger partial charge in [0.15, 0.2) is 0 Å². The molecule has 0 saturated carbocycles. The molecule has 14 heavy (non-hydrogen) atoms. The number of aromatic nitrogens is 3. The SMILES string of the molecule is C=CCCCCCC(O)c1cn[nH]n1.